The Labute approximate surface area is 159 Å². The van der Waals surface area contributed by atoms with Gasteiger partial charge in [-0.05, 0) is 13.3 Å². The zero-order valence-electron chi connectivity index (χ0n) is 14.6. The number of imidazole rings is 1. The number of alkyl halides is 1. The highest BCUT2D eigenvalue weighted by Gasteiger charge is 2.31. The number of pyridine rings is 1. The van der Waals surface area contributed by atoms with Crippen LogP contribution in [-0.4, -0.2) is 49.8 Å². The number of halogens is 3. The van der Waals surface area contributed by atoms with E-state index in [1.165, 1.54) is 18.5 Å². The van der Waals surface area contributed by atoms with E-state index >= 15 is 0 Å². The maximum absolute atomic E-state index is 13.8. The van der Waals surface area contributed by atoms with Gasteiger partial charge in [0.05, 0.1) is 23.3 Å². The molecule has 0 aromatic carbocycles. The lowest BCUT2D eigenvalue weighted by molar-refractivity contribution is 0.243. The smallest absolute Gasteiger partial charge is 0.208 e. The summed E-state index contributed by atoms with van der Waals surface area (Å²) in [7, 11) is 0. The summed E-state index contributed by atoms with van der Waals surface area (Å²) < 4.78 is 29.3. The molecular formula is C17H18ClF2N7. The van der Waals surface area contributed by atoms with Crippen LogP contribution in [0, 0.1) is 5.82 Å². The molecule has 0 bridgehead atoms. The third-order valence-electron chi connectivity index (χ3n) is 4.73. The van der Waals surface area contributed by atoms with E-state index in [-0.39, 0.29) is 6.04 Å². The fourth-order valence-electron chi connectivity index (χ4n) is 3.31. The van der Waals surface area contributed by atoms with Gasteiger partial charge in [0.15, 0.2) is 11.5 Å². The van der Waals surface area contributed by atoms with E-state index in [1.807, 2.05) is 16.4 Å². The second-order valence-corrected chi connectivity index (χ2v) is 7.06. The zero-order valence-corrected chi connectivity index (χ0v) is 15.3. The quantitative estimate of drug-likeness (QED) is 0.735. The summed E-state index contributed by atoms with van der Waals surface area (Å²) in [5.74, 6) is 0.570. The van der Waals surface area contributed by atoms with Crippen LogP contribution in [0.25, 0.3) is 11.2 Å². The van der Waals surface area contributed by atoms with Gasteiger partial charge in [-0.25, -0.2) is 28.7 Å². The first kappa shape index (κ1) is 18.0. The first-order chi connectivity index (χ1) is 12.9. The summed E-state index contributed by atoms with van der Waals surface area (Å²) in [5, 5.41) is 0.429. The number of piperidine rings is 1. The van der Waals surface area contributed by atoms with Crippen molar-refractivity contribution >= 4 is 28.7 Å². The molecule has 27 heavy (non-hydrogen) atoms. The molecular weight excluding hydrogens is 376 g/mol. The Balaban J connectivity index is 1.83. The van der Waals surface area contributed by atoms with Gasteiger partial charge >= 0.3 is 0 Å². The van der Waals surface area contributed by atoms with Gasteiger partial charge in [-0.1, -0.05) is 11.6 Å². The van der Waals surface area contributed by atoms with Crippen LogP contribution in [-0.2, 0) is 0 Å². The molecule has 142 valence electrons. The number of aromatic nitrogens is 5. The maximum atomic E-state index is 13.8. The highest BCUT2D eigenvalue weighted by Crippen LogP contribution is 2.30. The first-order valence-electron chi connectivity index (χ1n) is 8.59. The fraction of sp³-hybridized carbons (Fsp3) is 0.412. The van der Waals surface area contributed by atoms with Crippen LogP contribution >= 0.6 is 11.6 Å². The van der Waals surface area contributed by atoms with Crippen molar-refractivity contribution in [3.8, 4) is 0 Å². The van der Waals surface area contributed by atoms with Crippen molar-refractivity contribution in [1.29, 1.82) is 0 Å². The highest BCUT2D eigenvalue weighted by molar-refractivity contribution is 6.30. The van der Waals surface area contributed by atoms with Crippen LogP contribution in [0.2, 0.25) is 5.02 Å². The average Bonchev–Trinajstić information content (AvgIpc) is 3.02. The largest absolute Gasteiger partial charge is 0.340 e. The summed E-state index contributed by atoms with van der Waals surface area (Å²) in [6.45, 7) is 2.65. The third kappa shape index (κ3) is 3.32. The molecule has 1 aliphatic rings. The van der Waals surface area contributed by atoms with E-state index in [9.17, 15) is 8.78 Å². The number of nitrogens with two attached hydrogens (primary N) is 1. The van der Waals surface area contributed by atoms with Crippen molar-refractivity contribution in [3.63, 3.8) is 0 Å². The van der Waals surface area contributed by atoms with E-state index in [4.69, 9.17) is 17.3 Å². The summed E-state index contributed by atoms with van der Waals surface area (Å²) >= 11 is 5.88. The van der Waals surface area contributed by atoms with Crippen molar-refractivity contribution in [3.05, 3.63) is 41.3 Å². The molecule has 0 saturated carbocycles. The summed E-state index contributed by atoms with van der Waals surface area (Å²) in [5.41, 5.74) is 6.81. The lowest BCUT2D eigenvalue weighted by Crippen LogP contribution is -2.50. The topological polar surface area (TPSA) is 85.8 Å². The Hall–Kier alpha value is -2.39. The molecule has 1 saturated heterocycles. The Morgan fingerprint density at radius 2 is 2.00 bits per heavy atom. The van der Waals surface area contributed by atoms with Gasteiger partial charge in [-0.3, -0.25) is 4.57 Å². The minimum atomic E-state index is -1.05. The summed E-state index contributed by atoms with van der Waals surface area (Å²) in [4.78, 5) is 19.2. The Morgan fingerprint density at radius 1 is 1.26 bits per heavy atom. The van der Waals surface area contributed by atoms with Crippen LogP contribution in [0.4, 0.5) is 14.7 Å². The SMILES string of the molecule is CC(c1ncc(Cl)cn1)n1c(N2CC[C@@H](F)[C@H](N)C2)nc2cc(F)cnc21. The highest BCUT2D eigenvalue weighted by atomic mass is 35.5. The molecule has 0 aliphatic carbocycles. The zero-order chi connectivity index (χ0) is 19.1. The second-order valence-electron chi connectivity index (χ2n) is 6.63. The van der Waals surface area contributed by atoms with Gasteiger partial charge in [0, 0.05) is 31.5 Å². The predicted molar refractivity (Wildman–Crippen MR) is 98.0 cm³/mol. The molecule has 3 aromatic heterocycles. The third-order valence-corrected chi connectivity index (χ3v) is 4.93. The van der Waals surface area contributed by atoms with Crippen molar-refractivity contribution < 1.29 is 8.78 Å². The van der Waals surface area contributed by atoms with Gasteiger partial charge in [-0.15, -0.1) is 0 Å². The molecule has 0 amide bonds. The lowest BCUT2D eigenvalue weighted by atomic mass is 10.1. The van der Waals surface area contributed by atoms with E-state index in [1.54, 1.807) is 0 Å². The number of hydrogen-bond donors (Lipinski definition) is 1. The van der Waals surface area contributed by atoms with E-state index < -0.39 is 18.0 Å². The summed E-state index contributed by atoms with van der Waals surface area (Å²) in [6.07, 6.45) is 3.41. The second kappa shape index (κ2) is 6.97. The Bertz CT molecular complexity index is 962. The molecule has 3 aromatic rings. The van der Waals surface area contributed by atoms with E-state index in [2.05, 4.69) is 19.9 Å². The summed E-state index contributed by atoms with van der Waals surface area (Å²) in [6, 6.07) is 0.359. The Kier molecular flexibility index (Phi) is 4.65. The molecule has 4 rings (SSSR count). The van der Waals surface area contributed by atoms with E-state index in [0.29, 0.717) is 47.5 Å². The monoisotopic (exact) mass is 393 g/mol. The van der Waals surface area contributed by atoms with Crippen molar-refractivity contribution in [2.24, 2.45) is 5.73 Å². The minimum absolute atomic E-state index is 0.304. The van der Waals surface area contributed by atoms with Gasteiger partial charge in [0.1, 0.15) is 17.5 Å². The van der Waals surface area contributed by atoms with Gasteiger partial charge in [-0.2, -0.15) is 0 Å². The van der Waals surface area contributed by atoms with Crippen LogP contribution in [0.15, 0.2) is 24.7 Å². The van der Waals surface area contributed by atoms with Gasteiger partial charge < -0.3 is 10.6 Å². The van der Waals surface area contributed by atoms with Gasteiger partial charge in [0.2, 0.25) is 5.95 Å². The molecule has 7 nitrogen and oxygen atoms in total. The van der Waals surface area contributed by atoms with Crippen LogP contribution in [0.5, 0.6) is 0 Å². The van der Waals surface area contributed by atoms with Crippen LogP contribution < -0.4 is 10.6 Å². The van der Waals surface area contributed by atoms with E-state index in [0.717, 1.165) is 6.20 Å². The normalized spacial score (nSPS) is 21.6. The molecule has 0 radical (unpaired) electrons. The van der Waals surface area contributed by atoms with Crippen LogP contribution in [0.1, 0.15) is 25.2 Å². The predicted octanol–water partition coefficient (Wildman–Crippen LogP) is 2.50. The maximum Gasteiger partial charge on any atom is 0.208 e. The number of rotatable bonds is 3. The molecule has 2 N–H and O–H groups in total. The molecule has 3 atom stereocenters. The van der Waals surface area contributed by atoms with Crippen molar-refractivity contribution in [2.75, 3.05) is 18.0 Å². The molecule has 10 heteroatoms. The lowest BCUT2D eigenvalue weighted by Gasteiger charge is -2.34. The fourth-order valence-corrected chi connectivity index (χ4v) is 3.41. The average molecular weight is 394 g/mol. The number of hydrogen-bond acceptors (Lipinski definition) is 6. The Morgan fingerprint density at radius 3 is 2.70 bits per heavy atom. The number of anilines is 1. The number of nitrogens with zero attached hydrogens (tertiary/aromatic N) is 6. The molecule has 1 fully saturated rings. The molecule has 1 aliphatic heterocycles. The van der Waals surface area contributed by atoms with Crippen molar-refractivity contribution in [1.82, 2.24) is 24.5 Å². The van der Waals surface area contributed by atoms with Gasteiger partial charge in [0.25, 0.3) is 0 Å². The first-order valence-corrected chi connectivity index (χ1v) is 8.97. The standard InChI is InChI=1S/C17H18ClF2N7/c1-9(15-22-5-10(18)6-23-15)27-16-14(4-11(19)7-24-16)25-17(27)26-3-2-12(20)13(21)8-26/h4-7,9,12-13H,2-3,8,21H2,1H3/t9?,12-,13-/m1/s1. The molecule has 1 unspecified atom stereocenters. The minimum Gasteiger partial charge on any atom is -0.340 e. The molecule has 0 spiro atoms. The number of fused-ring (bicyclic) bond motifs is 1. The van der Waals surface area contributed by atoms with Crippen LogP contribution in [0.3, 0.4) is 0 Å². The van der Waals surface area contributed by atoms with Crippen molar-refractivity contribution in [2.45, 2.75) is 31.6 Å². The molecule has 4 heterocycles.